The summed E-state index contributed by atoms with van der Waals surface area (Å²) >= 11 is 0. The van der Waals surface area contributed by atoms with Gasteiger partial charge in [0.05, 0.1) is 26.9 Å². The zero-order valence-electron chi connectivity index (χ0n) is 23.0. The van der Waals surface area contributed by atoms with Gasteiger partial charge in [0.1, 0.15) is 11.5 Å². The Morgan fingerprint density at radius 1 is 1.03 bits per heavy atom. The Labute approximate surface area is 213 Å². The largest absolute Gasteiger partial charge is 0.497 e. The highest BCUT2D eigenvalue weighted by atomic mass is 16.5. The van der Waals surface area contributed by atoms with E-state index in [0.29, 0.717) is 26.2 Å². The first-order valence-electron chi connectivity index (χ1n) is 13.5. The number of ether oxygens (including phenoxy) is 4. The SMILES string of the molecule is CCOC(=O)CCCCCCCCCCOCC(C)(C)C1=C(c2cccc(OC)c2)OCC1(C)C. The Bertz CT molecular complexity index is 809. The van der Waals surface area contributed by atoms with Crippen molar-refractivity contribution in [1.29, 1.82) is 0 Å². The summed E-state index contributed by atoms with van der Waals surface area (Å²) in [6.45, 7) is 13.5. The van der Waals surface area contributed by atoms with E-state index in [1.807, 2.05) is 25.1 Å². The van der Waals surface area contributed by atoms with Crippen molar-refractivity contribution in [1.82, 2.24) is 0 Å². The molecule has 0 radical (unpaired) electrons. The lowest BCUT2D eigenvalue weighted by Crippen LogP contribution is -2.31. The molecule has 1 aliphatic heterocycles. The van der Waals surface area contributed by atoms with E-state index in [-0.39, 0.29) is 16.8 Å². The maximum absolute atomic E-state index is 11.3. The van der Waals surface area contributed by atoms with E-state index in [4.69, 9.17) is 18.9 Å². The monoisotopic (exact) mass is 488 g/mol. The molecule has 5 nitrogen and oxygen atoms in total. The quantitative estimate of drug-likeness (QED) is 0.167. The van der Waals surface area contributed by atoms with Gasteiger partial charge in [0.25, 0.3) is 0 Å². The van der Waals surface area contributed by atoms with Gasteiger partial charge in [0.2, 0.25) is 0 Å². The summed E-state index contributed by atoms with van der Waals surface area (Å²) in [6.07, 6.45) is 9.87. The zero-order chi connectivity index (χ0) is 25.7. The molecule has 0 unspecified atom stereocenters. The van der Waals surface area contributed by atoms with E-state index >= 15 is 0 Å². The first-order valence-corrected chi connectivity index (χ1v) is 13.5. The number of hydrogen-bond donors (Lipinski definition) is 0. The van der Waals surface area contributed by atoms with E-state index in [2.05, 4.69) is 33.8 Å². The lowest BCUT2D eigenvalue weighted by Gasteiger charge is -2.34. The van der Waals surface area contributed by atoms with Crippen molar-refractivity contribution in [3.05, 3.63) is 35.4 Å². The van der Waals surface area contributed by atoms with Gasteiger partial charge < -0.3 is 18.9 Å². The Kier molecular flexibility index (Phi) is 12.1. The van der Waals surface area contributed by atoms with Crippen LogP contribution >= 0.6 is 0 Å². The minimum atomic E-state index is -0.123. The molecule has 1 aliphatic rings. The van der Waals surface area contributed by atoms with Gasteiger partial charge in [-0.05, 0) is 37.5 Å². The molecule has 35 heavy (non-hydrogen) atoms. The van der Waals surface area contributed by atoms with Gasteiger partial charge in [-0.2, -0.15) is 0 Å². The van der Waals surface area contributed by atoms with Gasteiger partial charge in [-0.1, -0.05) is 78.4 Å². The van der Waals surface area contributed by atoms with E-state index in [0.717, 1.165) is 42.9 Å². The normalized spacial score (nSPS) is 15.3. The van der Waals surface area contributed by atoms with Gasteiger partial charge in [-0.15, -0.1) is 0 Å². The molecule has 0 atom stereocenters. The summed E-state index contributed by atoms with van der Waals surface area (Å²) < 4.78 is 22.8. The van der Waals surface area contributed by atoms with E-state index in [1.54, 1.807) is 7.11 Å². The van der Waals surface area contributed by atoms with Crippen LogP contribution in [0.4, 0.5) is 0 Å². The number of hydrogen-bond acceptors (Lipinski definition) is 5. The summed E-state index contributed by atoms with van der Waals surface area (Å²) in [7, 11) is 1.69. The highest BCUT2D eigenvalue weighted by Gasteiger charge is 2.43. The molecule has 1 heterocycles. The summed E-state index contributed by atoms with van der Waals surface area (Å²) in [5.41, 5.74) is 2.23. The van der Waals surface area contributed by atoms with Gasteiger partial charge in [0, 0.05) is 29.4 Å². The lowest BCUT2D eigenvalue weighted by molar-refractivity contribution is -0.143. The molecular formula is C30H48O5. The van der Waals surface area contributed by atoms with E-state index < -0.39 is 0 Å². The van der Waals surface area contributed by atoms with Crippen LogP contribution in [-0.2, 0) is 19.0 Å². The van der Waals surface area contributed by atoms with Crippen molar-refractivity contribution in [2.45, 2.75) is 92.4 Å². The summed E-state index contributed by atoms with van der Waals surface area (Å²) in [5, 5.41) is 0. The first-order chi connectivity index (χ1) is 16.7. The molecule has 5 heteroatoms. The second-order valence-electron chi connectivity index (χ2n) is 10.9. The van der Waals surface area contributed by atoms with Crippen LogP contribution in [-0.4, -0.2) is 39.5 Å². The summed E-state index contributed by atoms with van der Waals surface area (Å²) in [4.78, 5) is 11.3. The fraction of sp³-hybridized carbons (Fsp3) is 0.700. The summed E-state index contributed by atoms with van der Waals surface area (Å²) in [5.74, 6) is 1.76. The molecule has 0 fully saturated rings. The third kappa shape index (κ3) is 9.51. The van der Waals surface area contributed by atoms with Gasteiger partial charge in [0.15, 0.2) is 0 Å². The second-order valence-corrected chi connectivity index (χ2v) is 10.9. The smallest absolute Gasteiger partial charge is 0.305 e. The topological polar surface area (TPSA) is 54.0 Å². The van der Waals surface area contributed by atoms with Crippen molar-refractivity contribution in [3.8, 4) is 5.75 Å². The average Bonchev–Trinajstić information content (AvgIpc) is 3.15. The molecule has 0 N–H and O–H groups in total. The molecule has 1 aromatic carbocycles. The van der Waals surface area contributed by atoms with E-state index in [1.165, 1.54) is 37.7 Å². The molecule has 0 aliphatic carbocycles. The van der Waals surface area contributed by atoms with Crippen molar-refractivity contribution >= 4 is 11.7 Å². The third-order valence-corrected chi connectivity index (χ3v) is 6.68. The van der Waals surface area contributed by atoms with Crippen LogP contribution in [0, 0.1) is 10.8 Å². The molecule has 1 aromatic rings. The third-order valence-electron chi connectivity index (χ3n) is 6.68. The van der Waals surface area contributed by atoms with E-state index in [9.17, 15) is 4.79 Å². The van der Waals surface area contributed by atoms with Crippen LogP contribution in [0.15, 0.2) is 29.8 Å². The number of carbonyl (C=O) groups excluding carboxylic acids is 1. The summed E-state index contributed by atoms with van der Waals surface area (Å²) in [6, 6.07) is 8.12. The number of methoxy groups -OCH3 is 1. The average molecular weight is 489 g/mol. The van der Waals surface area contributed by atoms with Crippen molar-refractivity contribution in [2.24, 2.45) is 10.8 Å². The second kappa shape index (κ2) is 14.5. The minimum absolute atomic E-state index is 0.0401. The molecule has 2 rings (SSSR count). The van der Waals surface area contributed by atoms with Gasteiger partial charge >= 0.3 is 5.97 Å². The molecule has 0 saturated carbocycles. The molecule has 0 aromatic heterocycles. The number of carbonyl (C=O) groups is 1. The Morgan fingerprint density at radius 2 is 1.69 bits per heavy atom. The number of unbranched alkanes of at least 4 members (excludes halogenated alkanes) is 7. The standard InChI is InChI=1S/C30H48O5/c1-7-34-26(31)19-14-12-10-8-9-11-13-15-20-33-22-29(2,3)28-27(35-23-30(28,4)5)24-17-16-18-25(21-24)32-6/h16-18,21H,7-15,19-20,22-23H2,1-6H3. The molecule has 0 bridgehead atoms. The maximum Gasteiger partial charge on any atom is 0.305 e. The molecule has 0 saturated heterocycles. The van der Waals surface area contributed by atoms with Crippen LogP contribution in [0.5, 0.6) is 5.75 Å². The highest BCUT2D eigenvalue weighted by molar-refractivity contribution is 5.69. The number of rotatable bonds is 17. The Morgan fingerprint density at radius 3 is 2.34 bits per heavy atom. The van der Waals surface area contributed by atoms with Crippen LogP contribution in [0.25, 0.3) is 5.76 Å². The van der Waals surface area contributed by atoms with Crippen LogP contribution in [0.1, 0.15) is 98.0 Å². The molecule has 0 amide bonds. The molecular weight excluding hydrogens is 440 g/mol. The van der Waals surface area contributed by atoms with Crippen LogP contribution < -0.4 is 4.74 Å². The Hall–Kier alpha value is -2.01. The lowest BCUT2D eigenvalue weighted by atomic mass is 9.70. The van der Waals surface area contributed by atoms with Gasteiger partial charge in [-0.3, -0.25) is 4.79 Å². The fourth-order valence-electron chi connectivity index (χ4n) is 5.09. The van der Waals surface area contributed by atoms with Crippen molar-refractivity contribution in [2.75, 3.05) is 33.5 Å². The maximum atomic E-state index is 11.3. The number of benzene rings is 1. The van der Waals surface area contributed by atoms with Crippen molar-refractivity contribution < 1.29 is 23.7 Å². The molecule has 0 spiro atoms. The highest BCUT2D eigenvalue weighted by Crippen LogP contribution is 2.50. The van der Waals surface area contributed by atoms with Crippen molar-refractivity contribution in [3.63, 3.8) is 0 Å². The number of esters is 1. The van der Waals surface area contributed by atoms with Crippen LogP contribution in [0.3, 0.4) is 0 Å². The molecule has 198 valence electrons. The predicted octanol–water partition coefficient (Wildman–Crippen LogP) is 7.58. The fourth-order valence-corrected chi connectivity index (χ4v) is 5.09. The predicted molar refractivity (Wildman–Crippen MR) is 142 cm³/mol. The minimum Gasteiger partial charge on any atom is -0.497 e. The van der Waals surface area contributed by atoms with Gasteiger partial charge in [-0.25, -0.2) is 0 Å². The first kappa shape index (κ1) is 29.2. The Balaban J connectivity index is 1.70. The van der Waals surface area contributed by atoms with Crippen LogP contribution in [0.2, 0.25) is 0 Å². The zero-order valence-corrected chi connectivity index (χ0v) is 23.0.